The monoisotopic (exact) mass is 337 g/mol. The van der Waals surface area contributed by atoms with Gasteiger partial charge >= 0.3 is 0 Å². The zero-order valence-corrected chi connectivity index (χ0v) is 14.8. The quantitative estimate of drug-likeness (QED) is 0.903. The number of hydrogen-bond donors (Lipinski definition) is 1. The van der Waals surface area contributed by atoms with Gasteiger partial charge in [-0.1, -0.05) is 18.9 Å². The van der Waals surface area contributed by atoms with Gasteiger partial charge in [0.05, 0.1) is 5.69 Å². The number of rotatable bonds is 5. The van der Waals surface area contributed by atoms with Gasteiger partial charge in [-0.15, -0.1) is 0 Å². The lowest BCUT2D eigenvalue weighted by molar-refractivity contribution is 0.206. The van der Waals surface area contributed by atoms with Crippen LogP contribution in [0.15, 0.2) is 36.7 Å². The predicted octanol–water partition coefficient (Wildman–Crippen LogP) is 3.61. The molecule has 2 aromatic rings. The summed E-state index contributed by atoms with van der Waals surface area (Å²) in [7, 11) is 0. The van der Waals surface area contributed by atoms with Crippen LogP contribution in [0.1, 0.15) is 55.8 Å². The Labute approximate surface area is 149 Å². The van der Waals surface area contributed by atoms with Gasteiger partial charge in [-0.3, -0.25) is 9.88 Å². The average molecular weight is 337 g/mol. The van der Waals surface area contributed by atoms with E-state index in [1.807, 2.05) is 18.5 Å². The molecule has 1 atom stereocenters. The summed E-state index contributed by atoms with van der Waals surface area (Å²) in [5, 5.41) is 3.58. The lowest BCUT2D eigenvalue weighted by Gasteiger charge is -2.33. The van der Waals surface area contributed by atoms with Crippen LogP contribution < -0.4 is 5.32 Å². The first-order valence-corrected chi connectivity index (χ1v) is 9.58. The molecule has 2 aliphatic rings. The van der Waals surface area contributed by atoms with E-state index in [9.17, 15) is 0 Å². The van der Waals surface area contributed by atoms with Crippen LogP contribution in [0.3, 0.4) is 0 Å². The summed E-state index contributed by atoms with van der Waals surface area (Å²) in [5.41, 5.74) is 2.36. The molecule has 1 saturated carbocycles. The van der Waals surface area contributed by atoms with Crippen molar-refractivity contribution in [2.24, 2.45) is 0 Å². The minimum atomic E-state index is 0.413. The number of hydrogen-bond acceptors (Lipinski definition) is 5. The number of anilines is 1. The molecule has 25 heavy (non-hydrogen) atoms. The van der Waals surface area contributed by atoms with Gasteiger partial charge in [0.25, 0.3) is 0 Å². The SMILES string of the molecule is c1ccc(CN2CCCC(Nc3nccc(C4CCCC4)n3)C2)nc1. The minimum absolute atomic E-state index is 0.413. The van der Waals surface area contributed by atoms with Gasteiger partial charge in [-0.25, -0.2) is 9.97 Å². The molecule has 4 rings (SSSR count). The van der Waals surface area contributed by atoms with Crippen LogP contribution in [0, 0.1) is 0 Å². The highest BCUT2D eigenvalue weighted by Crippen LogP contribution is 2.33. The van der Waals surface area contributed by atoms with Crippen molar-refractivity contribution in [3.8, 4) is 0 Å². The van der Waals surface area contributed by atoms with Gasteiger partial charge in [-0.2, -0.15) is 0 Å². The second-order valence-electron chi connectivity index (χ2n) is 7.33. The Morgan fingerprint density at radius 2 is 1.92 bits per heavy atom. The van der Waals surface area contributed by atoms with E-state index < -0.39 is 0 Å². The molecule has 0 bridgehead atoms. The molecule has 1 saturated heterocycles. The summed E-state index contributed by atoms with van der Waals surface area (Å²) in [5.74, 6) is 1.43. The van der Waals surface area contributed by atoms with Gasteiger partial charge in [0.1, 0.15) is 0 Å². The maximum absolute atomic E-state index is 4.80. The van der Waals surface area contributed by atoms with Crippen molar-refractivity contribution in [3.05, 3.63) is 48.0 Å². The van der Waals surface area contributed by atoms with Gasteiger partial charge in [-0.05, 0) is 50.4 Å². The third kappa shape index (κ3) is 4.34. The highest BCUT2D eigenvalue weighted by atomic mass is 15.2. The Kier molecular flexibility index (Phi) is 5.21. The van der Waals surface area contributed by atoms with E-state index in [0.717, 1.165) is 31.3 Å². The fourth-order valence-corrected chi connectivity index (χ4v) is 4.11. The van der Waals surface area contributed by atoms with Crippen molar-refractivity contribution in [3.63, 3.8) is 0 Å². The van der Waals surface area contributed by atoms with Crippen molar-refractivity contribution in [2.75, 3.05) is 18.4 Å². The van der Waals surface area contributed by atoms with Gasteiger partial charge in [0.15, 0.2) is 0 Å². The molecule has 1 unspecified atom stereocenters. The van der Waals surface area contributed by atoms with E-state index in [-0.39, 0.29) is 0 Å². The smallest absolute Gasteiger partial charge is 0.223 e. The normalized spacial score (nSPS) is 22.2. The fourth-order valence-electron chi connectivity index (χ4n) is 4.11. The minimum Gasteiger partial charge on any atom is -0.350 e. The maximum Gasteiger partial charge on any atom is 0.223 e. The van der Waals surface area contributed by atoms with Crippen LogP contribution in [-0.2, 0) is 6.54 Å². The Bertz CT molecular complexity index is 669. The molecular weight excluding hydrogens is 310 g/mol. The van der Waals surface area contributed by atoms with E-state index in [4.69, 9.17) is 4.98 Å². The van der Waals surface area contributed by atoms with Gasteiger partial charge in [0, 0.05) is 43.1 Å². The number of piperidine rings is 1. The fraction of sp³-hybridized carbons (Fsp3) is 0.550. The van der Waals surface area contributed by atoms with E-state index in [0.29, 0.717) is 12.0 Å². The Morgan fingerprint density at radius 3 is 2.76 bits per heavy atom. The maximum atomic E-state index is 4.80. The lowest BCUT2D eigenvalue weighted by atomic mass is 10.0. The number of nitrogens with one attached hydrogen (secondary N) is 1. The number of aromatic nitrogens is 3. The topological polar surface area (TPSA) is 53.9 Å². The van der Waals surface area contributed by atoms with Crippen molar-refractivity contribution in [1.29, 1.82) is 0 Å². The summed E-state index contributed by atoms with van der Waals surface area (Å²) in [4.78, 5) is 16.2. The molecule has 1 aliphatic heterocycles. The summed E-state index contributed by atoms with van der Waals surface area (Å²) in [6.07, 6.45) is 11.4. The summed E-state index contributed by atoms with van der Waals surface area (Å²) in [6.45, 7) is 3.08. The molecule has 3 heterocycles. The van der Waals surface area contributed by atoms with Gasteiger partial charge in [0.2, 0.25) is 5.95 Å². The van der Waals surface area contributed by atoms with Crippen LogP contribution in [0.25, 0.3) is 0 Å². The third-order valence-corrected chi connectivity index (χ3v) is 5.40. The third-order valence-electron chi connectivity index (χ3n) is 5.40. The van der Waals surface area contributed by atoms with E-state index >= 15 is 0 Å². The molecule has 1 N–H and O–H groups in total. The molecule has 2 fully saturated rings. The highest BCUT2D eigenvalue weighted by molar-refractivity contribution is 5.28. The summed E-state index contributed by atoms with van der Waals surface area (Å²) < 4.78 is 0. The number of likely N-dealkylation sites (tertiary alicyclic amines) is 1. The van der Waals surface area contributed by atoms with Crippen molar-refractivity contribution in [2.45, 2.75) is 57.0 Å². The Morgan fingerprint density at radius 1 is 1.00 bits per heavy atom. The molecule has 0 aromatic carbocycles. The molecule has 5 nitrogen and oxygen atoms in total. The zero-order valence-electron chi connectivity index (χ0n) is 14.8. The molecular formula is C20H27N5. The zero-order chi connectivity index (χ0) is 16.9. The van der Waals surface area contributed by atoms with Crippen LogP contribution in [0.5, 0.6) is 0 Å². The standard InChI is InChI=1S/C20H27N5/c1-2-7-16(6-1)19-10-12-22-20(24-19)23-18-9-5-13-25(15-18)14-17-8-3-4-11-21-17/h3-4,8,10-12,16,18H,1-2,5-7,9,13-15H2,(H,22,23,24). The largest absolute Gasteiger partial charge is 0.350 e. The van der Waals surface area contributed by atoms with E-state index in [1.165, 1.54) is 44.2 Å². The Hall–Kier alpha value is -2.01. The van der Waals surface area contributed by atoms with E-state index in [2.05, 4.69) is 38.4 Å². The van der Waals surface area contributed by atoms with Crippen LogP contribution >= 0.6 is 0 Å². The van der Waals surface area contributed by atoms with Crippen molar-refractivity contribution < 1.29 is 0 Å². The average Bonchev–Trinajstić information content (AvgIpc) is 3.18. The number of nitrogens with zero attached hydrogens (tertiary/aromatic N) is 4. The van der Waals surface area contributed by atoms with Crippen molar-refractivity contribution >= 4 is 5.95 Å². The number of pyridine rings is 1. The molecule has 5 heteroatoms. The lowest BCUT2D eigenvalue weighted by Crippen LogP contribution is -2.42. The molecule has 2 aromatic heterocycles. The first-order chi connectivity index (χ1) is 12.4. The predicted molar refractivity (Wildman–Crippen MR) is 99.4 cm³/mol. The molecule has 0 amide bonds. The summed E-state index contributed by atoms with van der Waals surface area (Å²) in [6, 6.07) is 8.64. The van der Waals surface area contributed by atoms with Gasteiger partial charge < -0.3 is 5.32 Å². The van der Waals surface area contributed by atoms with Crippen LogP contribution in [0.2, 0.25) is 0 Å². The van der Waals surface area contributed by atoms with E-state index in [1.54, 1.807) is 0 Å². The second-order valence-corrected chi connectivity index (χ2v) is 7.33. The Balaban J connectivity index is 1.36. The molecule has 0 radical (unpaired) electrons. The van der Waals surface area contributed by atoms with Crippen LogP contribution in [0.4, 0.5) is 5.95 Å². The summed E-state index contributed by atoms with van der Waals surface area (Å²) >= 11 is 0. The molecule has 132 valence electrons. The first-order valence-electron chi connectivity index (χ1n) is 9.58. The first kappa shape index (κ1) is 16.5. The highest BCUT2D eigenvalue weighted by Gasteiger charge is 2.22. The van der Waals surface area contributed by atoms with Crippen molar-refractivity contribution in [1.82, 2.24) is 19.9 Å². The second kappa shape index (κ2) is 7.91. The molecule has 1 aliphatic carbocycles. The molecule has 0 spiro atoms. The van der Waals surface area contributed by atoms with Crippen LogP contribution in [-0.4, -0.2) is 39.0 Å².